The Balaban J connectivity index is 1.54. The number of pyridine rings is 1. The molecule has 160 valence electrons. The van der Waals surface area contributed by atoms with Gasteiger partial charge in [0, 0.05) is 30.1 Å². The Kier molecular flexibility index (Phi) is 6.10. The van der Waals surface area contributed by atoms with E-state index in [-0.39, 0.29) is 43.5 Å². The van der Waals surface area contributed by atoms with Crippen LogP contribution in [0.25, 0.3) is 0 Å². The fraction of sp³-hybridized carbons (Fsp3) is 0.714. The number of rotatable bonds is 1. The van der Waals surface area contributed by atoms with Gasteiger partial charge in [-0.05, 0) is 39.0 Å². The summed E-state index contributed by atoms with van der Waals surface area (Å²) in [5, 5.41) is 0. The van der Waals surface area contributed by atoms with Gasteiger partial charge in [0.05, 0.1) is 31.6 Å². The first kappa shape index (κ1) is 20.2. The summed E-state index contributed by atoms with van der Waals surface area (Å²) < 4.78 is 22.9. The summed E-state index contributed by atoms with van der Waals surface area (Å²) >= 11 is 0. The smallest absolute Gasteiger partial charge is 0.410 e. The molecule has 0 spiro atoms. The van der Waals surface area contributed by atoms with Crippen LogP contribution in [0.4, 0.5) is 4.79 Å². The van der Waals surface area contributed by atoms with Gasteiger partial charge in [0.1, 0.15) is 19.0 Å². The zero-order valence-corrected chi connectivity index (χ0v) is 17.2. The summed E-state index contributed by atoms with van der Waals surface area (Å²) in [7, 11) is 1.64. The second-order valence-corrected chi connectivity index (χ2v) is 8.26. The molecule has 1 amide bonds. The van der Waals surface area contributed by atoms with E-state index >= 15 is 0 Å². The van der Waals surface area contributed by atoms with E-state index in [0.717, 1.165) is 43.5 Å². The Morgan fingerprint density at radius 2 is 1.93 bits per heavy atom. The van der Waals surface area contributed by atoms with Crippen molar-refractivity contribution in [3.05, 3.63) is 17.8 Å². The molecule has 1 aromatic rings. The van der Waals surface area contributed by atoms with Gasteiger partial charge in [-0.1, -0.05) is 0 Å². The van der Waals surface area contributed by atoms with E-state index in [1.54, 1.807) is 18.1 Å². The Morgan fingerprint density at radius 3 is 2.69 bits per heavy atom. The summed E-state index contributed by atoms with van der Waals surface area (Å²) in [4.78, 5) is 19.1. The molecule has 4 aliphatic rings. The molecule has 4 bridgehead atoms. The lowest BCUT2D eigenvalue weighted by molar-refractivity contribution is -0.0111. The van der Waals surface area contributed by atoms with Crippen molar-refractivity contribution < 1.29 is 23.7 Å². The van der Waals surface area contributed by atoms with Gasteiger partial charge >= 0.3 is 6.09 Å². The molecule has 1 saturated carbocycles. The minimum absolute atomic E-state index is 0.0317. The molecule has 0 radical (unpaired) electrons. The van der Waals surface area contributed by atoms with E-state index in [0.29, 0.717) is 18.4 Å². The zero-order chi connectivity index (χ0) is 20.4. The number of hydrogen-bond donors (Lipinski definition) is 1. The Bertz CT molecular complexity index is 722. The van der Waals surface area contributed by atoms with Crippen molar-refractivity contribution in [1.29, 1.82) is 0 Å². The van der Waals surface area contributed by atoms with Crippen LogP contribution in [0.5, 0.6) is 11.6 Å². The molecule has 1 saturated heterocycles. The SMILES string of the molecule is COc1cc2nc(c1)C1CCC(CC1)OCC1C(N)CC(C)N1C(=O)OCCO2. The van der Waals surface area contributed by atoms with Gasteiger partial charge in [-0.25, -0.2) is 9.78 Å². The third-order valence-corrected chi connectivity index (χ3v) is 6.34. The van der Waals surface area contributed by atoms with Crippen molar-refractivity contribution in [3.63, 3.8) is 0 Å². The molecule has 1 aliphatic carbocycles. The van der Waals surface area contributed by atoms with Crippen LogP contribution in [0.1, 0.15) is 50.6 Å². The molecule has 2 N–H and O–H groups in total. The van der Waals surface area contributed by atoms with Crippen molar-refractivity contribution in [1.82, 2.24) is 9.88 Å². The third kappa shape index (κ3) is 4.43. The largest absolute Gasteiger partial charge is 0.496 e. The second kappa shape index (κ2) is 8.75. The number of ether oxygens (including phenoxy) is 4. The molecule has 4 heterocycles. The van der Waals surface area contributed by atoms with Gasteiger partial charge in [-0.2, -0.15) is 0 Å². The standard InChI is InChI=1S/C21H31N3O5/c1-13-9-17(22)19-12-29-15-5-3-14(4-6-15)18-10-16(26-2)11-20(23-18)27-7-8-28-21(25)24(13)19/h10-11,13-15,17,19H,3-9,12,22H2,1-2H3. The summed E-state index contributed by atoms with van der Waals surface area (Å²) in [5.74, 6) is 1.59. The van der Waals surface area contributed by atoms with Crippen LogP contribution in [0.15, 0.2) is 12.1 Å². The van der Waals surface area contributed by atoms with E-state index in [1.807, 2.05) is 13.0 Å². The Morgan fingerprint density at radius 1 is 1.17 bits per heavy atom. The third-order valence-electron chi connectivity index (χ3n) is 6.34. The molecule has 5 rings (SSSR count). The molecule has 0 aromatic carbocycles. The van der Waals surface area contributed by atoms with E-state index in [2.05, 4.69) is 4.98 Å². The van der Waals surface area contributed by atoms with Crippen LogP contribution < -0.4 is 15.2 Å². The van der Waals surface area contributed by atoms with Crippen molar-refractivity contribution >= 4 is 6.09 Å². The second-order valence-electron chi connectivity index (χ2n) is 8.26. The average molecular weight is 405 g/mol. The van der Waals surface area contributed by atoms with E-state index < -0.39 is 0 Å². The maximum absolute atomic E-state index is 12.7. The average Bonchev–Trinajstić information content (AvgIpc) is 3.02. The lowest BCUT2D eigenvalue weighted by atomic mass is 9.85. The van der Waals surface area contributed by atoms with E-state index in [4.69, 9.17) is 24.7 Å². The molecule has 8 heteroatoms. The molecular weight excluding hydrogens is 374 g/mol. The van der Waals surface area contributed by atoms with Gasteiger partial charge < -0.3 is 24.7 Å². The number of amides is 1. The highest BCUT2D eigenvalue weighted by atomic mass is 16.6. The van der Waals surface area contributed by atoms with Crippen LogP contribution in [0, 0.1) is 0 Å². The molecule has 3 atom stereocenters. The van der Waals surface area contributed by atoms with Crippen LogP contribution in [0.2, 0.25) is 0 Å². The first-order valence-corrected chi connectivity index (χ1v) is 10.6. The van der Waals surface area contributed by atoms with Crippen molar-refractivity contribution in [3.8, 4) is 11.6 Å². The molecule has 29 heavy (non-hydrogen) atoms. The molecule has 2 fully saturated rings. The predicted octanol–water partition coefficient (Wildman–Crippen LogP) is 2.45. The summed E-state index contributed by atoms with van der Waals surface area (Å²) in [6, 6.07) is 3.53. The van der Waals surface area contributed by atoms with Crippen molar-refractivity contribution in [2.45, 2.75) is 69.2 Å². The number of methoxy groups -OCH3 is 1. The monoisotopic (exact) mass is 405 g/mol. The summed E-state index contributed by atoms with van der Waals surface area (Å²) in [6.07, 6.45) is 4.50. The molecule has 8 nitrogen and oxygen atoms in total. The van der Waals surface area contributed by atoms with Crippen LogP contribution >= 0.6 is 0 Å². The van der Waals surface area contributed by atoms with Gasteiger partial charge in [-0.3, -0.25) is 4.90 Å². The van der Waals surface area contributed by atoms with E-state index in [9.17, 15) is 4.79 Å². The van der Waals surface area contributed by atoms with Gasteiger partial charge in [0.25, 0.3) is 0 Å². The van der Waals surface area contributed by atoms with Gasteiger partial charge in [0.15, 0.2) is 0 Å². The highest BCUT2D eigenvalue weighted by Gasteiger charge is 2.41. The van der Waals surface area contributed by atoms with Crippen LogP contribution in [-0.4, -0.2) is 67.1 Å². The Labute approximate surface area is 171 Å². The molecular formula is C21H31N3O5. The molecule has 3 unspecified atom stereocenters. The number of carbonyl (C=O) groups is 1. The number of carbonyl (C=O) groups excluding carboxylic acids is 1. The topological polar surface area (TPSA) is 96.1 Å². The summed E-state index contributed by atoms with van der Waals surface area (Å²) in [6.45, 7) is 2.83. The van der Waals surface area contributed by atoms with Gasteiger partial charge in [0.2, 0.25) is 5.88 Å². The lowest BCUT2D eigenvalue weighted by Crippen LogP contribution is -2.48. The Hall–Kier alpha value is -2.06. The highest BCUT2D eigenvalue weighted by Crippen LogP contribution is 2.36. The van der Waals surface area contributed by atoms with Gasteiger partial charge in [-0.15, -0.1) is 0 Å². The minimum Gasteiger partial charge on any atom is -0.496 e. The predicted molar refractivity (Wildman–Crippen MR) is 106 cm³/mol. The first-order valence-electron chi connectivity index (χ1n) is 10.6. The normalized spacial score (nSPS) is 33.0. The number of hydrogen-bond acceptors (Lipinski definition) is 7. The van der Waals surface area contributed by atoms with Crippen LogP contribution in [-0.2, 0) is 9.47 Å². The number of nitrogens with zero attached hydrogens (tertiary/aromatic N) is 2. The lowest BCUT2D eigenvalue weighted by Gasteiger charge is -2.33. The minimum atomic E-state index is -0.363. The fourth-order valence-corrected chi connectivity index (χ4v) is 4.73. The van der Waals surface area contributed by atoms with Crippen molar-refractivity contribution in [2.75, 3.05) is 26.9 Å². The maximum Gasteiger partial charge on any atom is 0.410 e. The number of aromatic nitrogens is 1. The zero-order valence-electron chi connectivity index (χ0n) is 17.2. The summed E-state index contributed by atoms with van der Waals surface area (Å²) in [5.41, 5.74) is 7.30. The first-order chi connectivity index (χ1) is 14.0. The number of fused-ring (bicyclic) bond motifs is 7. The number of nitrogens with two attached hydrogens (primary N) is 1. The fourth-order valence-electron chi connectivity index (χ4n) is 4.73. The highest BCUT2D eigenvalue weighted by molar-refractivity contribution is 5.69. The quantitative estimate of drug-likeness (QED) is 0.767. The molecule has 1 aromatic heterocycles. The maximum atomic E-state index is 12.7. The van der Waals surface area contributed by atoms with Crippen LogP contribution in [0.3, 0.4) is 0 Å². The molecule has 3 aliphatic heterocycles. The van der Waals surface area contributed by atoms with E-state index in [1.165, 1.54) is 0 Å². The van der Waals surface area contributed by atoms with Crippen molar-refractivity contribution in [2.24, 2.45) is 5.73 Å².